The zero-order valence-electron chi connectivity index (χ0n) is 14.4. The number of ether oxygens (including phenoxy) is 1. The van der Waals surface area contributed by atoms with Crippen LogP contribution in [0.4, 0.5) is 0 Å². The van der Waals surface area contributed by atoms with Crippen molar-refractivity contribution in [2.24, 2.45) is 5.92 Å². The molecule has 1 saturated carbocycles. The Labute approximate surface area is 146 Å². The normalized spacial score (nSPS) is 22.7. The minimum atomic E-state index is -0.277. The molecule has 1 aromatic heterocycles. The number of hydrogen-bond acceptors (Lipinski definition) is 5. The molecule has 1 fully saturated rings. The Bertz CT molecular complexity index is 788. The van der Waals surface area contributed by atoms with E-state index in [1.54, 1.807) is 13.8 Å². The van der Waals surface area contributed by atoms with Crippen LogP contribution in [0.2, 0.25) is 0 Å². The number of amides is 1. The first-order chi connectivity index (χ1) is 12.0. The van der Waals surface area contributed by atoms with Gasteiger partial charge in [-0.3, -0.25) is 4.79 Å². The minimum absolute atomic E-state index is 0.143. The summed E-state index contributed by atoms with van der Waals surface area (Å²) in [5, 5.41) is 16.7. The van der Waals surface area contributed by atoms with E-state index in [0.29, 0.717) is 36.5 Å². The van der Waals surface area contributed by atoms with Crippen molar-refractivity contribution in [3.05, 3.63) is 46.3 Å². The van der Waals surface area contributed by atoms with Gasteiger partial charge in [-0.25, -0.2) is 0 Å². The summed E-state index contributed by atoms with van der Waals surface area (Å²) >= 11 is 0. The van der Waals surface area contributed by atoms with Gasteiger partial charge in [-0.15, -0.1) is 0 Å². The van der Waals surface area contributed by atoms with Crippen LogP contribution >= 0.6 is 0 Å². The SMILES string of the molecule is Cc1noc(C)c1C(=O)N[C@@H](c1ccc2c(c1)CCO2)C1CC(O)C1. The Morgan fingerprint density at radius 2 is 2.16 bits per heavy atom. The zero-order valence-corrected chi connectivity index (χ0v) is 14.4. The number of nitrogens with zero attached hydrogens (tertiary/aromatic N) is 1. The molecular weight excluding hydrogens is 320 g/mol. The predicted molar refractivity (Wildman–Crippen MR) is 90.6 cm³/mol. The molecule has 4 rings (SSSR count). The maximum absolute atomic E-state index is 12.8. The maximum atomic E-state index is 12.8. The fourth-order valence-electron chi connectivity index (χ4n) is 3.80. The molecule has 2 heterocycles. The smallest absolute Gasteiger partial charge is 0.257 e. The van der Waals surface area contributed by atoms with E-state index in [4.69, 9.17) is 9.26 Å². The van der Waals surface area contributed by atoms with Gasteiger partial charge in [0.15, 0.2) is 0 Å². The van der Waals surface area contributed by atoms with E-state index in [1.165, 1.54) is 5.56 Å². The monoisotopic (exact) mass is 342 g/mol. The average molecular weight is 342 g/mol. The number of rotatable bonds is 4. The third kappa shape index (κ3) is 2.91. The molecule has 132 valence electrons. The number of hydrogen-bond donors (Lipinski definition) is 2. The van der Waals surface area contributed by atoms with E-state index < -0.39 is 0 Å². The van der Waals surface area contributed by atoms with Gasteiger partial charge in [0.05, 0.1) is 24.4 Å². The molecule has 2 aliphatic rings. The van der Waals surface area contributed by atoms with Gasteiger partial charge in [-0.1, -0.05) is 11.2 Å². The van der Waals surface area contributed by atoms with Gasteiger partial charge in [-0.2, -0.15) is 0 Å². The number of benzene rings is 1. The predicted octanol–water partition coefficient (Wildman–Crippen LogP) is 2.47. The van der Waals surface area contributed by atoms with Gasteiger partial charge in [0.25, 0.3) is 5.91 Å². The summed E-state index contributed by atoms with van der Waals surface area (Å²) in [4.78, 5) is 12.8. The van der Waals surface area contributed by atoms with Crippen LogP contribution in [-0.4, -0.2) is 28.9 Å². The Morgan fingerprint density at radius 3 is 2.84 bits per heavy atom. The molecule has 2 N–H and O–H groups in total. The standard InChI is InChI=1S/C19H22N2O4/c1-10-17(11(2)25-21-10)19(23)20-18(14-8-15(22)9-14)13-3-4-16-12(7-13)5-6-24-16/h3-4,7,14-15,18,22H,5-6,8-9H2,1-2H3,(H,20,23)/t14?,15?,18-/m0/s1. The Balaban J connectivity index is 1.62. The lowest BCUT2D eigenvalue weighted by Gasteiger charge is -2.38. The van der Waals surface area contributed by atoms with Crippen LogP contribution in [0.25, 0.3) is 0 Å². The average Bonchev–Trinajstić information content (AvgIpc) is 3.15. The van der Waals surface area contributed by atoms with E-state index >= 15 is 0 Å². The lowest BCUT2D eigenvalue weighted by molar-refractivity contribution is 0.0235. The minimum Gasteiger partial charge on any atom is -0.493 e. The van der Waals surface area contributed by atoms with Crippen LogP contribution in [0.3, 0.4) is 0 Å². The summed E-state index contributed by atoms with van der Waals surface area (Å²) in [6.07, 6.45) is 2.00. The van der Waals surface area contributed by atoms with Gasteiger partial charge < -0.3 is 19.7 Å². The lowest BCUT2D eigenvalue weighted by atomic mass is 9.74. The molecule has 1 aliphatic heterocycles. The summed E-state index contributed by atoms with van der Waals surface area (Å²) < 4.78 is 10.7. The van der Waals surface area contributed by atoms with Crippen molar-refractivity contribution < 1.29 is 19.2 Å². The number of carbonyl (C=O) groups is 1. The summed E-state index contributed by atoms with van der Waals surface area (Å²) in [7, 11) is 0. The highest BCUT2D eigenvalue weighted by Gasteiger charge is 2.36. The second kappa shape index (κ2) is 6.19. The molecule has 6 nitrogen and oxygen atoms in total. The molecule has 6 heteroatoms. The number of nitrogens with one attached hydrogen (secondary N) is 1. The van der Waals surface area contributed by atoms with Crippen molar-refractivity contribution in [1.82, 2.24) is 10.5 Å². The molecule has 0 radical (unpaired) electrons. The molecule has 0 unspecified atom stereocenters. The Kier molecular flexibility index (Phi) is 4.00. The summed E-state index contributed by atoms with van der Waals surface area (Å²) in [5.41, 5.74) is 3.31. The first-order valence-electron chi connectivity index (χ1n) is 8.70. The first kappa shape index (κ1) is 16.1. The quantitative estimate of drug-likeness (QED) is 0.892. The van der Waals surface area contributed by atoms with Gasteiger partial charge in [0.2, 0.25) is 0 Å². The van der Waals surface area contributed by atoms with E-state index in [0.717, 1.165) is 17.7 Å². The van der Waals surface area contributed by atoms with Crippen LogP contribution in [0, 0.1) is 19.8 Å². The van der Waals surface area contributed by atoms with Gasteiger partial charge in [0.1, 0.15) is 17.1 Å². The van der Waals surface area contributed by atoms with E-state index in [1.807, 2.05) is 12.1 Å². The number of fused-ring (bicyclic) bond motifs is 1. The summed E-state index contributed by atoms with van der Waals surface area (Å²) in [6, 6.07) is 5.95. The van der Waals surface area contributed by atoms with Crippen LogP contribution in [-0.2, 0) is 6.42 Å². The van der Waals surface area contributed by atoms with E-state index in [-0.39, 0.29) is 24.0 Å². The third-order valence-corrected chi connectivity index (χ3v) is 5.24. The van der Waals surface area contributed by atoms with Crippen molar-refractivity contribution >= 4 is 5.91 Å². The largest absolute Gasteiger partial charge is 0.493 e. The second-order valence-electron chi connectivity index (χ2n) is 7.00. The highest BCUT2D eigenvalue weighted by Crippen LogP contribution is 2.40. The van der Waals surface area contributed by atoms with Crippen LogP contribution in [0.1, 0.15) is 51.8 Å². The van der Waals surface area contributed by atoms with Gasteiger partial charge in [-0.05, 0) is 55.9 Å². The Morgan fingerprint density at radius 1 is 1.36 bits per heavy atom. The van der Waals surface area contributed by atoms with Crippen LogP contribution < -0.4 is 10.1 Å². The molecule has 25 heavy (non-hydrogen) atoms. The topological polar surface area (TPSA) is 84.6 Å². The molecule has 1 atom stereocenters. The second-order valence-corrected chi connectivity index (χ2v) is 7.00. The molecule has 1 aliphatic carbocycles. The van der Waals surface area contributed by atoms with E-state index in [9.17, 15) is 9.90 Å². The number of aliphatic hydroxyl groups excluding tert-OH is 1. The van der Waals surface area contributed by atoms with Gasteiger partial charge in [0, 0.05) is 6.42 Å². The number of aryl methyl sites for hydroxylation is 2. The van der Waals surface area contributed by atoms with Crippen molar-refractivity contribution in [2.75, 3.05) is 6.61 Å². The molecule has 0 spiro atoms. The molecule has 1 amide bonds. The van der Waals surface area contributed by atoms with Crippen LogP contribution in [0.15, 0.2) is 22.7 Å². The van der Waals surface area contributed by atoms with Crippen molar-refractivity contribution in [2.45, 2.75) is 45.3 Å². The van der Waals surface area contributed by atoms with Crippen molar-refractivity contribution in [1.29, 1.82) is 0 Å². The number of aliphatic hydroxyl groups is 1. The summed E-state index contributed by atoms with van der Waals surface area (Å²) in [5.74, 6) is 1.48. The highest BCUT2D eigenvalue weighted by atomic mass is 16.5. The molecule has 1 aromatic carbocycles. The third-order valence-electron chi connectivity index (χ3n) is 5.24. The summed E-state index contributed by atoms with van der Waals surface area (Å²) in [6.45, 7) is 4.21. The zero-order chi connectivity index (χ0) is 17.6. The molecule has 0 bridgehead atoms. The van der Waals surface area contributed by atoms with Crippen molar-refractivity contribution in [3.63, 3.8) is 0 Å². The molecule has 0 saturated heterocycles. The fraction of sp³-hybridized carbons (Fsp3) is 0.474. The van der Waals surface area contributed by atoms with Crippen molar-refractivity contribution in [3.8, 4) is 5.75 Å². The Hall–Kier alpha value is -2.34. The van der Waals surface area contributed by atoms with E-state index in [2.05, 4.69) is 16.5 Å². The maximum Gasteiger partial charge on any atom is 0.257 e. The van der Waals surface area contributed by atoms with Crippen LogP contribution in [0.5, 0.6) is 5.75 Å². The van der Waals surface area contributed by atoms with Gasteiger partial charge >= 0.3 is 0 Å². The number of carbonyl (C=O) groups excluding carboxylic acids is 1. The number of aromatic nitrogens is 1. The fourth-order valence-corrected chi connectivity index (χ4v) is 3.80. The molecular formula is C19H22N2O4. The highest BCUT2D eigenvalue weighted by molar-refractivity contribution is 5.96. The lowest BCUT2D eigenvalue weighted by Crippen LogP contribution is -2.41. The molecule has 2 aromatic rings. The first-order valence-corrected chi connectivity index (χ1v) is 8.70.